The lowest BCUT2D eigenvalue weighted by Gasteiger charge is -2.43. The van der Waals surface area contributed by atoms with Gasteiger partial charge in [0.15, 0.2) is 0 Å². The molecule has 186 valence electrons. The molecule has 0 unspecified atom stereocenters. The number of carboxylic acids is 1. The third-order valence-corrected chi connectivity index (χ3v) is 6.71. The number of rotatable bonds is 5. The smallest absolute Gasteiger partial charge is 0.416 e. The van der Waals surface area contributed by atoms with E-state index in [1.54, 1.807) is 0 Å². The molecule has 3 aromatic carbocycles. The Balaban J connectivity index is 1.81. The predicted molar refractivity (Wildman–Crippen MR) is 135 cm³/mol. The van der Waals surface area contributed by atoms with E-state index in [0.717, 1.165) is 34.0 Å². The highest BCUT2D eigenvalue weighted by molar-refractivity contribution is 5.86. The van der Waals surface area contributed by atoms with Gasteiger partial charge in [-0.15, -0.1) is 0 Å². The summed E-state index contributed by atoms with van der Waals surface area (Å²) >= 11 is 0. The van der Waals surface area contributed by atoms with E-state index in [1.165, 1.54) is 12.1 Å². The van der Waals surface area contributed by atoms with Crippen LogP contribution in [0.4, 0.5) is 13.2 Å². The summed E-state index contributed by atoms with van der Waals surface area (Å²) in [6.07, 6.45) is -3.20. The highest BCUT2D eigenvalue weighted by Crippen LogP contribution is 2.42. The zero-order valence-corrected chi connectivity index (χ0v) is 20.1. The second-order valence-corrected chi connectivity index (χ2v) is 9.38. The number of fused-ring (bicyclic) bond motifs is 1. The molecule has 3 nitrogen and oxygen atoms in total. The van der Waals surface area contributed by atoms with Gasteiger partial charge in [-0.2, -0.15) is 13.2 Å². The number of hydrogen-bond acceptors (Lipinski definition) is 2. The molecule has 3 atom stereocenters. The number of nitrogens with zero attached hydrogens (tertiary/aromatic N) is 1. The fourth-order valence-electron chi connectivity index (χ4n) is 5.04. The number of piperidine rings is 1. The summed E-state index contributed by atoms with van der Waals surface area (Å²) in [6, 6.07) is 18.7. The molecule has 1 aliphatic heterocycles. The standard InChI is InChI=1S/C30H28F3NO2/c1-20(2)10-15-27(26-9-5-7-22-6-3-4-8-25(22)26)34-17-16-21(19-29(35)36)18-28(34)23-11-13-24(14-12-23)30(31,32)33/h3-9,11-14,21,27-28H,1,16-19H2,2H3,(H,35,36)/t21-,27+,28+/m0/s1. The molecule has 0 spiro atoms. The number of likely N-dealkylation sites (tertiary alicyclic amines) is 1. The van der Waals surface area contributed by atoms with E-state index < -0.39 is 17.7 Å². The molecule has 1 N–H and O–H groups in total. The van der Waals surface area contributed by atoms with Crippen molar-refractivity contribution in [2.45, 2.75) is 44.4 Å². The van der Waals surface area contributed by atoms with Crippen LogP contribution in [0.5, 0.6) is 0 Å². The fourth-order valence-corrected chi connectivity index (χ4v) is 5.04. The van der Waals surface area contributed by atoms with Crippen LogP contribution in [0.3, 0.4) is 0 Å². The molecule has 0 amide bonds. The number of carbonyl (C=O) groups is 1. The second kappa shape index (κ2) is 10.6. The average molecular weight is 492 g/mol. The van der Waals surface area contributed by atoms with E-state index in [9.17, 15) is 23.1 Å². The Labute approximate surface area is 209 Å². The maximum absolute atomic E-state index is 13.2. The van der Waals surface area contributed by atoms with Crippen molar-refractivity contribution in [1.29, 1.82) is 0 Å². The molecule has 6 heteroatoms. The minimum Gasteiger partial charge on any atom is -0.481 e. The Hall–Kier alpha value is -3.56. The minimum absolute atomic E-state index is 0.0291. The summed E-state index contributed by atoms with van der Waals surface area (Å²) in [5, 5.41) is 11.5. The van der Waals surface area contributed by atoms with E-state index in [2.05, 4.69) is 23.3 Å². The Morgan fingerprint density at radius 2 is 1.81 bits per heavy atom. The maximum atomic E-state index is 13.2. The molecule has 1 aliphatic rings. The maximum Gasteiger partial charge on any atom is 0.416 e. The van der Waals surface area contributed by atoms with Gasteiger partial charge in [-0.25, -0.2) is 0 Å². The first kappa shape index (κ1) is 25.5. The van der Waals surface area contributed by atoms with Crippen molar-refractivity contribution in [2.24, 2.45) is 5.92 Å². The van der Waals surface area contributed by atoms with Gasteiger partial charge in [0.1, 0.15) is 0 Å². The Kier molecular flexibility index (Phi) is 7.51. The Bertz CT molecular complexity index is 1310. The molecule has 1 fully saturated rings. The molecular formula is C30H28F3NO2. The van der Waals surface area contributed by atoms with Crippen LogP contribution in [0, 0.1) is 17.8 Å². The Morgan fingerprint density at radius 3 is 2.47 bits per heavy atom. The average Bonchev–Trinajstić information content (AvgIpc) is 2.84. The van der Waals surface area contributed by atoms with Crippen molar-refractivity contribution in [2.75, 3.05) is 6.54 Å². The van der Waals surface area contributed by atoms with Crippen molar-refractivity contribution in [1.82, 2.24) is 4.90 Å². The number of carboxylic acid groups (broad SMARTS) is 1. The SMILES string of the molecule is C=C(C)C#C[C@H](c1cccc2ccccc12)N1CC[C@H](CC(=O)O)C[C@@H]1c1ccc(C(F)(F)F)cc1. The van der Waals surface area contributed by atoms with E-state index in [1.807, 2.05) is 49.4 Å². The Morgan fingerprint density at radius 1 is 1.11 bits per heavy atom. The van der Waals surface area contributed by atoms with Crippen LogP contribution in [-0.4, -0.2) is 22.5 Å². The van der Waals surface area contributed by atoms with E-state index >= 15 is 0 Å². The molecule has 0 aromatic heterocycles. The zero-order chi connectivity index (χ0) is 25.9. The molecule has 1 heterocycles. The minimum atomic E-state index is -4.42. The van der Waals surface area contributed by atoms with Gasteiger partial charge in [0, 0.05) is 19.0 Å². The molecule has 4 rings (SSSR count). The first-order chi connectivity index (χ1) is 17.1. The van der Waals surface area contributed by atoms with Gasteiger partial charge in [-0.05, 0) is 65.3 Å². The summed E-state index contributed by atoms with van der Waals surface area (Å²) in [5.74, 6) is 5.55. The molecule has 0 saturated carbocycles. The van der Waals surface area contributed by atoms with Crippen LogP contribution in [0.15, 0.2) is 78.9 Å². The van der Waals surface area contributed by atoms with Gasteiger partial charge >= 0.3 is 12.1 Å². The van der Waals surface area contributed by atoms with Gasteiger partial charge in [0.05, 0.1) is 11.6 Å². The summed E-state index contributed by atoms with van der Waals surface area (Å²) in [5.41, 5.74) is 1.74. The summed E-state index contributed by atoms with van der Waals surface area (Å²) < 4.78 is 39.6. The summed E-state index contributed by atoms with van der Waals surface area (Å²) in [7, 11) is 0. The number of allylic oxidation sites excluding steroid dienone is 1. The molecule has 36 heavy (non-hydrogen) atoms. The summed E-state index contributed by atoms with van der Waals surface area (Å²) in [6.45, 7) is 6.32. The van der Waals surface area contributed by atoms with Crippen molar-refractivity contribution in [3.8, 4) is 11.8 Å². The molecule has 0 bridgehead atoms. The summed E-state index contributed by atoms with van der Waals surface area (Å²) in [4.78, 5) is 13.7. The van der Waals surface area contributed by atoms with Crippen molar-refractivity contribution in [3.63, 3.8) is 0 Å². The van der Waals surface area contributed by atoms with E-state index in [0.29, 0.717) is 25.0 Å². The molecule has 0 aliphatic carbocycles. The topological polar surface area (TPSA) is 40.5 Å². The number of halogens is 3. The molecule has 1 saturated heterocycles. The molecular weight excluding hydrogens is 463 g/mol. The highest BCUT2D eigenvalue weighted by atomic mass is 19.4. The lowest BCUT2D eigenvalue weighted by Crippen LogP contribution is -2.39. The van der Waals surface area contributed by atoms with Crippen LogP contribution >= 0.6 is 0 Å². The zero-order valence-electron chi connectivity index (χ0n) is 20.1. The lowest BCUT2D eigenvalue weighted by molar-refractivity contribution is -0.139. The van der Waals surface area contributed by atoms with E-state index in [-0.39, 0.29) is 24.4 Å². The lowest BCUT2D eigenvalue weighted by atomic mass is 9.83. The number of aliphatic carboxylic acids is 1. The van der Waals surface area contributed by atoms with Crippen LogP contribution in [0.2, 0.25) is 0 Å². The van der Waals surface area contributed by atoms with Gasteiger partial charge in [0.25, 0.3) is 0 Å². The van der Waals surface area contributed by atoms with Crippen LogP contribution in [0.25, 0.3) is 10.8 Å². The van der Waals surface area contributed by atoms with Gasteiger partial charge in [-0.3, -0.25) is 9.69 Å². The quantitative estimate of drug-likeness (QED) is 0.378. The normalized spacial score (nSPS) is 19.3. The first-order valence-electron chi connectivity index (χ1n) is 11.9. The number of alkyl halides is 3. The number of benzene rings is 3. The van der Waals surface area contributed by atoms with Crippen LogP contribution in [0.1, 0.15) is 55.0 Å². The predicted octanol–water partition coefficient (Wildman–Crippen LogP) is 7.41. The van der Waals surface area contributed by atoms with Gasteiger partial charge < -0.3 is 5.11 Å². The monoisotopic (exact) mass is 491 g/mol. The highest BCUT2D eigenvalue weighted by Gasteiger charge is 2.36. The van der Waals surface area contributed by atoms with Crippen molar-refractivity contribution in [3.05, 3.63) is 95.6 Å². The number of hydrogen-bond donors (Lipinski definition) is 1. The van der Waals surface area contributed by atoms with Crippen LogP contribution in [-0.2, 0) is 11.0 Å². The largest absolute Gasteiger partial charge is 0.481 e. The third kappa shape index (κ3) is 5.80. The second-order valence-electron chi connectivity index (χ2n) is 9.38. The first-order valence-corrected chi connectivity index (χ1v) is 11.9. The van der Waals surface area contributed by atoms with Gasteiger partial charge in [-0.1, -0.05) is 73.0 Å². The van der Waals surface area contributed by atoms with Crippen molar-refractivity contribution >= 4 is 16.7 Å². The van der Waals surface area contributed by atoms with Gasteiger partial charge in [0.2, 0.25) is 0 Å². The molecule has 3 aromatic rings. The van der Waals surface area contributed by atoms with Crippen molar-refractivity contribution < 1.29 is 23.1 Å². The third-order valence-electron chi connectivity index (χ3n) is 6.71. The van der Waals surface area contributed by atoms with E-state index in [4.69, 9.17) is 0 Å². The molecule has 0 radical (unpaired) electrons. The van der Waals surface area contributed by atoms with Crippen LogP contribution < -0.4 is 0 Å². The fraction of sp³-hybridized carbons (Fsp3) is 0.300.